The van der Waals surface area contributed by atoms with Gasteiger partial charge in [0.05, 0.1) is 12.2 Å². The molecule has 0 heterocycles. The number of hydrogen-bond donors (Lipinski definition) is 1. The van der Waals surface area contributed by atoms with E-state index in [0.717, 1.165) is 12.8 Å². The van der Waals surface area contributed by atoms with Gasteiger partial charge in [-0.25, -0.2) is 0 Å². The van der Waals surface area contributed by atoms with Gasteiger partial charge in [-0.15, -0.1) is 5.54 Å². The van der Waals surface area contributed by atoms with Crippen molar-refractivity contribution in [2.75, 3.05) is 0 Å². The summed E-state index contributed by atoms with van der Waals surface area (Å²) >= 11 is 0. The highest BCUT2D eigenvalue weighted by Crippen LogP contribution is 2.43. The minimum atomic E-state index is -2.02. The Morgan fingerprint density at radius 1 is 0.897 bits per heavy atom. The molecule has 0 aliphatic carbocycles. The molecule has 0 aromatic heterocycles. The Hall–Kier alpha value is -0.606. The fraction of sp³-hybridized carbons (Fsp3) is 0.760. The van der Waals surface area contributed by atoms with Crippen molar-refractivity contribution in [2.45, 2.75) is 123 Å². The van der Waals surface area contributed by atoms with Crippen molar-refractivity contribution in [3.63, 3.8) is 0 Å². The Labute approximate surface area is 184 Å². The van der Waals surface area contributed by atoms with E-state index in [1.807, 2.05) is 24.3 Å². The molecule has 29 heavy (non-hydrogen) atoms. The summed E-state index contributed by atoms with van der Waals surface area (Å²) in [7, 11) is -3.36. The second-order valence-electron chi connectivity index (χ2n) is 10.2. The van der Waals surface area contributed by atoms with Crippen LogP contribution < -0.4 is 0 Å². The number of aliphatic hydroxyl groups is 1. The van der Waals surface area contributed by atoms with Crippen LogP contribution in [0.2, 0.25) is 36.3 Å². The molecule has 1 N–H and O–H groups in total. The first-order valence-corrected chi connectivity index (χ1v) is 17.2. The van der Waals surface area contributed by atoms with Gasteiger partial charge in [0.25, 0.3) is 0 Å². The Bertz CT molecular complexity index is 538. The molecule has 4 heteroatoms. The lowest BCUT2D eigenvalue weighted by Crippen LogP contribution is -2.52. The molecular weight excluding hydrogens is 388 g/mol. The van der Waals surface area contributed by atoms with Crippen molar-refractivity contribution >= 4 is 16.4 Å². The van der Waals surface area contributed by atoms with E-state index in [4.69, 9.17) is 4.43 Å². The highest BCUT2D eigenvalue weighted by Gasteiger charge is 2.47. The van der Waals surface area contributed by atoms with Crippen molar-refractivity contribution in [3.8, 4) is 11.5 Å². The zero-order chi connectivity index (χ0) is 22.7. The van der Waals surface area contributed by atoms with Crippen LogP contribution in [0.1, 0.15) is 74.1 Å². The third kappa shape index (κ3) is 10.3. The summed E-state index contributed by atoms with van der Waals surface area (Å²) in [6.07, 6.45) is 11.3. The summed E-state index contributed by atoms with van der Waals surface area (Å²) < 4.78 is 6.94. The highest BCUT2D eigenvalue weighted by molar-refractivity contribution is 6.83. The summed E-state index contributed by atoms with van der Waals surface area (Å²) in [5, 5.41) is 11.0. The topological polar surface area (TPSA) is 29.5 Å². The van der Waals surface area contributed by atoms with Crippen LogP contribution in [0.15, 0.2) is 24.3 Å². The van der Waals surface area contributed by atoms with Gasteiger partial charge in [0.15, 0.2) is 0 Å². The Morgan fingerprint density at radius 3 is 1.90 bits per heavy atom. The molecule has 0 aliphatic heterocycles. The van der Waals surface area contributed by atoms with Gasteiger partial charge in [-0.3, -0.25) is 0 Å². The van der Waals surface area contributed by atoms with Crippen molar-refractivity contribution in [1.82, 2.24) is 0 Å². The molecule has 168 valence electrons. The van der Waals surface area contributed by atoms with E-state index in [1.54, 1.807) is 0 Å². The van der Waals surface area contributed by atoms with Gasteiger partial charge < -0.3 is 9.53 Å². The fourth-order valence-corrected chi connectivity index (χ4v) is 10.3. The molecule has 2 atom stereocenters. The molecule has 0 unspecified atom stereocenters. The predicted molar refractivity (Wildman–Crippen MR) is 135 cm³/mol. The summed E-state index contributed by atoms with van der Waals surface area (Å²) in [4.78, 5) is 0. The largest absolute Gasteiger partial charge is 0.410 e. The van der Waals surface area contributed by atoms with Gasteiger partial charge in [-0.05, 0) is 29.1 Å². The van der Waals surface area contributed by atoms with Crippen LogP contribution >= 0.6 is 0 Å². The molecule has 0 saturated carbocycles. The second kappa shape index (κ2) is 13.6. The van der Waals surface area contributed by atoms with Gasteiger partial charge in [-0.2, -0.15) is 0 Å². The lowest BCUT2D eigenvalue weighted by Gasteiger charge is -2.45. The Kier molecular flexibility index (Phi) is 13.4. The molecule has 0 spiro atoms. The number of allylic oxidation sites excluding steroid dienone is 3. The lowest BCUT2D eigenvalue weighted by atomic mass is 10.1. The quantitative estimate of drug-likeness (QED) is 0.149. The van der Waals surface area contributed by atoms with Gasteiger partial charge in [-0.1, -0.05) is 112 Å². The van der Waals surface area contributed by atoms with E-state index < -0.39 is 22.5 Å². The van der Waals surface area contributed by atoms with Crippen molar-refractivity contribution in [2.24, 2.45) is 0 Å². The van der Waals surface area contributed by atoms with Crippen LogP contribution in [-0.4, -0.2) is 33.7 Å². The first-order valence-electron chi connectivity index (χ1n) is 11.6. The van der Waals surface area contributed by atoms with E-state index in [2.05, 4.69) is 79.6 Å². The predicted octanol–water partition coefficient (Wildman–Crippen LogP) is 7.48. The summed E-state index contributed by atoms with van der Waals surface area (Å²) in [5.41, 5.74) is 4.88. The van der Waals surface area contributed by atoms with Crippen LogP contribution in [-0.2, 0) is 4.43 Å². The number of rotatable bonds is 12. The first kappa shape index (κ1) is 28.4. The van der Waals surface area contributed by atoms with E-state index >= 15 is 0 Å². The zero-order valence-electron chi connectivity index (χ0n) is 20.9. The molecule has 0 aromatic rings. The van der Waals surface area contributed by atoms with Crippen LogP contribution in [0, 0.1) is 11.5 Å². The first-order chi connectivity index (χ1) is 13.4. The second-order valence-corrected chi connectivity index (χ2v) is 20.4. The smallest absolute Gasteiger partial charge is 0.200 e. The maximum atomic E-state index is 11.0. The minimum absolute atomic E-state index is 0.127. The van der Waals surface area contributed by atoms with Crippen LogP contribution in [0.3, 0.4) is 0 Å². The highest BCUT2D eigenvalue weighted by atomic mass is 28.4. The van der Waals surface area contributed by atoms with Gasteiger partial charge in [0, 0.05) is 0 Å². The number of unbranched alkanes of at least 4 members (excludes halogenated alkanes) is 2. The van der Waals surface area contributed by atoms with Crippen molar-refractivity contribution in [1.29, 1.82) is 0 Å². The number of aliphatic hydroxyl groups excluding tert-OH is 1. The molecule has 0 radical (unpaired) electrons. The Morgan fingerprint density at radius 2 is 1.45 bits per heavy atom. The third-order valence-electron chi connectivity index (χ3n) is 5.58. The summed E-state index contributed by atoms with van der Waals surface area (Å²) in [6.45, 7) is 22.7. The average Bonchev–Trinajstić information content (AvgIpc) is 2.58. The molecule has 0 fully saturated rings. The summed E-state index contributed by atoms with van der Waals surface area (Å²) in [6, 6.07) is 0. The molecule has 2 nitrogen and oxygen atoms in total. The van der Waals surface area contributed by atoms with Crippen LogP contribution in [0.5, 0.6) is 0 Å². The maximum Gasteiger partial charge on any atom is 0.200 e. The minimum Gasteiger partial charge on any atom is -0.410 e. The molecule has 0 aliphatic rings. The lowest BCUT2D eigenvalue weighted by molar-refractivity contribution is 0.0465. The van der Waals surface area contributed by atoms with Gasteiger partial charge in [0.2, 0.25) is 8.32 Å². The molecular formula is C25H48O2Si2. The van der Waals surface area contributed by atoms with Crippen molar-refractivity contribution < 1.29 is 9.53 Å². The number of hydrogen-bond acceptors (Lipinski definition) is 2. The molecule has 0 aromatic carbocycles. The normalized spacial score (nSPS) is 15.5. The monoisotopic (exact) mass is 436 g/mol. The van der Waals surface area contributed by atoms with Crippen molar-refractivity contribution in [3.05, 3.63) is 24.3 Å². The molecule has 0 amide bonds. The fourth-order valence-electron chi connectivity index (χ4n) is 4.23. The molecule has 0 bridgehead atoms. The van der Waals surface area contributed by atoms with Gasteiger partial charge >= 0.3 is 0 Å². The van der Waals surface area contributed by atoms with Gasteiger partial charge in [0.1, 0.15) is 8.07 Å². The average molecular weight is 437 g/mol. The van der Waals surface area contributed by atoms with Crippen LogP contribution in [0.25, 0.3) is 0 Å². The van der Waals surface area contributed by atoms with Crippen LogP contribution in [0.4, 0.5) is 0 Å². The standard InChI is InChI=1S/C25H48O2Si2/c1-11-12-15-19-25(27-29(21(2)3,22(4)5)23(6)7)24(26)18-16-13-14-17-20-28(8,9)10/h13-14,16,18,21-26H,11-12,15,19H2,1-10H3/b14-13+,18-16+/t24-,25+/m1/s1. The van der Waals surface area contributed by atoms with E-state index in [0.29, 0.717) is 16.6 Å². The van der Waals surface area contributed by atoms with E-state index in [-0.39, 0.29) is 6.10 Å². The van der Waals surface area contributed by atoms with E-state index in [9.17, 15) is 5.11 Å². The third-order valence-corrected chi connectivity index (χ3v) is 12.6. The summed E-state index contributed by atoms with van der Waals surface area (Å²) in [5.74, 6) is 3.13. The Balaban J connectivity index is 5.44. The van der Waals surface area contributed by atoms with E-state index in [1.165, 1.54) is 12.8 Å². The molecule has 0 saturated heterocycles. The maximum absolute atomic E-state index is 11.0. The zero-order valence-corrected chi connectivity index (χ0v) is 22.9. The SMILES string of the molecule is CCCCC[C@H](O[Si](C(C)C)(C(C)C)C(C)C)[C@H](O)/C=C/C=C/C#C[Si](C)(C)C. The molecule has 0 rings (SSSR count).